The summed E-state index contributed by atoms with van der Waals surface area (Å²) in [7, 11) is 6.13. The number of aryl methyl sites for hydroxylation is 1. The van der Waals surface area contributed by atoms with E-state index < -0.39 is 0 Å². The number of hydrogen-bond donors (Lipinski definition) is 2. The van der Waals surface area contributed by atoms with Crippen LogP contribution in [0.5, 0.6) is 0 Å². The first-order valence-electron chi connectivity index (χ1n) is 9.19. The molecule has 2 unspecified atom stereocenters. The van der Waals surface area contributed by atoms with Crippen molar-refractivity contribution in [3.63, 3.8) is 0 Å². The Balaban J connectivity index is 1.92. The van der Waals surface area contributed by atoms with Crippen molar-refractivity contribution in [1.29, 1.82) is 0 Å². The molecule has 6 nitrogen and oxygen atoms in total. The SMILES string of the molecule is CCNC(=NCC(C)Cc1cccs1)NCC(c1cnn(C)c1)N(C)C. The lowest BCUT2D eigenvalue weighted by atomic mass is 10.1. The third-order valence-electron chi connectivity index (χ3n) is 4.23. The number of nitrogens with zero attached hydrogens (tertiary/aromatic N) is 4. The second-order valence-electron chi connectivity index (χ2n) is 6.92. The highest BCUT2D eigenvalue weighted by Gasteiger charge is 2.16. The summed E-state index contributed by atoms with van der Waals surface area (Å²) in [5, 5.41) is 13.3. The molecule has 0 spiro atoms. The van der Waals surface area contributed by atoms with E-state index in [9.17, 15) is 0 Å². The molecule has 0 bridgehead atoms. The molecule has 0 aromatic carbocycles. The van der Waals surface area contributed by atoms with Gasteiger partial charge in [0.25, 0.3) is 0 Å². The average molecular weight is 377 g/mol. The molecule has 2 N–H and O–H groups in total. The number of thiophene rings is 1. The number of hydrogen-bond acceptors (Lipinski definition) is 4. The normalized spacial score (nSPS) is 14.5. The zero-order chi connectivity index (χ0) is 18.9. The summed E-state index contributed by atoms with van der Waals surface area (Å²) in [4.78, 5) is 8.41. The van der Waals surface area contributed by atoms with E-state index in [2.05, 4.69) is 72.3 Å². The Labute approximate surface area is 161 Å². The summed E-state index contributed by atoms with van der Waals surface area (Å²) < 4.78 is 1.84. The van der Waals surface area contributed by atoms with E-state index in [1.165, 1.54) is 10.4 Å². The summed E-state index contributed by atoms with van der Waals surface area (Å²) in [6.07, 6.45) is 5.08. The van der Waals surface area contributed by atoms with Gasteiger partial charge in [-0.25, -0.2) is 0 Å². The van der Waals surface area contributed by atoms with Crippen molar-refractivity contribution in [2.75, 3.05) is 33.7 Å². The number of rotatable bonds is 9. The molecule has 2 atom stereocenters. The van der Waals surface area contributed by atoms with Crippen LogP contribution in [0.2, 0.25) is 0 Å². The quantitative estimate of drug-likeness (QED) is 0.522. The van der Waals surface area contributed by atoms with Crippen molar-refractivity contribution < 1.29 is 0 Å². The highest BCUT2D eigenvalue weighted by Crippen LogP contribution is 2.16. The van der Waals surface area contributed by atoms with E-state index in [4.69, 9.17) is 4.99 Å². The lowest BCUT2D eigenvalue weighted by Crippen LogP contribution is -2.42. The molecule has 0 aliphatic carbocycles. The average Bonchev–Trinajstić information content (AvgIpc) is 3.24. The predicted molar refractivity (Wildman–Crippen MR) is 111 cm³/mol. The molecule has 0 fully saturated rings. The number of likely N-dealkylation sites (N-methyl/N-ethyl adjacent to an activating group) is 1. The van der Waals surface area contributed by atoms with Gasteiger partial charge in [-0.3, -0.25) is 9.67 Å². The molecule has 2 rings (SSSR count). The van der Waals surface area contributed by atoms with E-state index in [0.717, 1.165) is 32.0 Å². The highest BCUT2D eigenvalue weighted by molar-refractivity contribution is 7.09. The Bertz CT molecular complexity index is 661. The zero-order valence-electron chi connectivity index (χ0n) is 16.6. The minimum atomic E-state index is 0.246. The predicted octanol–water partition coefficient (Wildman–Crippen LogP) is 2.52. The van der Waals surface area contributed by atoms with Crippen molar-refractivity contribution >= 4 is 17.3 Å². The first-order chi connectivity index (χ1) is 12.5. The van der Waals surface area contributed by atoms with Crippen LogP contribution in [0.15, 0.2) is 34.9 Å². The lowest BCUT2D eigenvalue weighted by Gasteiger charge is -2.24. The number of nitrogens with one attached hydrogen (secondary N) is 2. The molecule has 0 radical (unpaired) electrons. The standard InChI is InChI=1S/C19H32N6S/c1-6-20-19(21-11-15(2)10-17-8-7-9-26-17)22-13-18(24(3)4)16-12-23-25(5)14-16/h7-9,12,14-15,18H,6,10-11,13H2,1-5H3,(H2,20,21,22). The maximum atomic E-state index is 4.78. The van der Waals surface area contributed by atoms with Crippen LogP contribution in [-0.4, -0.2) is 54.4 Å². The van der Waals surface area contributed by atoms with Crippen LogP contribution in [0.1, 0.15) is 30.3 Å². The van der Waals surface area contributed by atoms with E-state index in [1.54, 1.807) is 0 Å². The molecule has 0 saturated carbocycles. The van der Waals surface area contributed by atoms with Gasteiger partial charge >= 0.3 is 0 Å². The number of guanidine groups is 1. The summed E-state index contributed by atoms with van der Waals surface area (Å²) in [6, 6.07) is 4.56. The van der Waals surface area contributed by atoms with Gasteiger partial charge in [0.2, 0.25) is 0 Å². The molecule has 0 amide bonds. The fourth-order valence-electron chi connectivity index (χ4n) is 2.83. The van der Waals surface area contributed by atoms with Gasteiger partial charge in [-0.05, 0) is 44.8 Å². The van der Waals surface area contributed by atoms with Crippen LogP contribution in [0, 0.1) is 5.92 Å². The fourth-order valence-corrected chi connectivity index (χ4v) is 3.70. The highest BCUT2D eigenvalue weighted by atomic mass is 32.1. The van der Waals surface area contributed by atoms with Gasteiger partial charge in [0.05, 0.1) is 12.2 Å². The van der Waals surface area contributed by atoms with Crippen LogP contribution in [0.4, 0.5) is 0 Å². The van der Waals surface area contributed by atoms with E-state index in [1.807, 2.05) is 29.3 Å². The molecule has 2 aromatic rings. The minimum absolute atomic E-state index is 0.246. The maximum Gasteiger partial charge on any atom is 0.191 e. The Morgan fingerprint density at radius 3 is 2.77 bits per heavy atom. The molecule has 2 heterocycles. The van der Waals surface area contributed by atoms with Gasteiger partial charge in [0, 0.05) is 43.3 Å². The van der Waals surface area contributed by atoms with Crippen LogP contribution in [0.25, 0.3) is 0 Å². The van der Waals surface area contributed by atoms with Gasteiger partial charge in [-0.15, -0.1) is 11.3 Å². The third kappa shape index (κ3) is 6.46. The summed E-state index contributed by atoms with van der Waals surface area (Å²) in [5.74, 6) is 1.40. The minimum Gasteiger partial charge on any atom is -0.357 e. The molecular weight excluding hydrogens is 344 g/mol. The van der Waals surface area contributed by atoms with Crippen LogP contribution < -0.4 is 10.6 Å². The van der Waals surface area contributed by atoms with E-state index in [0.29, 0.717) is 5.92 Å². The van der Waals surface area contributed by atoms with Crippen molar-refractivity contribution in [3.05, 3.63) is 40.3 Å². The molecule has 7 heteroatoms. The lowest BCUT2D eigenvalue weighted by molar-refractivity contribution is 0.298. The van der Waals surface area contributed by atoms with E-state index in [-0.39, 0.29) is 6.04 Å². The Morgan fingerprint density at radius 2 is 2.19 bits per heavy atom. The molecular formula is C19H32N6S. The molecule has 26 heavy (non-hydrogen) atoms. The molecule has 144 valence electrons. The van der Waals surface area contributed by atoms with Crippen molar-refractivity contribution in [2.24, 2.45) is 18.0 Å². The largest absolute Gasteiger partial charge is 0.357 e. The van der Waals surface area contributed by atoms with Gasteiger partial charge in [0.1, 0.15) is 0 Å². The van der Waals surface area contributed by atoms with Gasteiger partial charge in [0.15, 0.2) is 5.96 Å². The van der Waals surface area contributed by atoms with Crippen molar-refractivity contribution in [2.45, 2.75) is 26.3 Å². The van der Waals surface area contributed by atoms with Crippen LogP contribution in [0.3, 0.4) is 0 Å². The smallest absolute Gasteiger partial charge is 0.191 e. The van der Waals surface area contributed by atoms with Crippen LogP contribution >= 0.6 is 11.3 Å². The Morgan fingerprint density at radius 1 is 1.38 bits per heavy atom. The van der Waals surface area contributed by atoms with Crippen molar-refractivity contribution in [3.8, 4) is 0 Å². The van der Waals surface area contributed by atoms with Gasteiger partial charge in [-0.1, -0.05) is 13.0 Å². The Hall–Kier alpha value is -1.86. The molecule has 2 aromatic heterocycles. The second kappa shape index (κ2) is 10.3. The number of aromatic nitrogens is 2. The van der Waals surface area contributed by atoms with Gasteiger partial charge < -0.3 is 15.5 Å². The number of aliphatic imine (C=N–C) groups is 1. The molecule has 0 saturated heterocycles. The van der Waals surface area contributed by atoms with Gasteiger partial charge in [-0.2, -0.15) is 5.10 Å². The zero-order valence-corrected chi connectivity index (χ0v) is 17.4. The Kier molecular flexibility index (Phi) is 8.12. The maximum absolute atomic E-state index is 4.78. The second-order valence-corrected chi connectivity index (χ2v) is 7.95. The monoisotopic (exact) mass is 376 g/mol. The van der Waals surface area contributed by atoms with E-state index >= 15 is 0 Å². The molecule has 0 aliphatic heterocycles. The van der Waals surface area contributed by atoms with Crippen molar-refractivity contribution in [1.82, 2.24) is 25.3 Å². The first kappa shape index (κ1) is 20.5. The third-order valence-corrected chi connectivity index (χ3v) is 5.13. The summed E-state index contributed by atoms with van der Waals surface area (Å²) in [5.41, 5.74) is 1.20. The summed E-state index contributed by atoms with van der Waals surface area (Å²) >= 11 is 1.82. The topological polar surface area (TPSA) is 57.5 Å². The van der Waals surface area contributed by atoms with Crippen LogP contribution in [-0.2, 0) is 13.5 Å². The summed E-state index contributed by atoms with van der Waals surface area (Å²) in [6.45, 7) is 6.79. The molecule has 0 aliphatic rings. The fraction of sp³-hybridized carbons (Fsp3) is 0.579. The first-order valence-corrected chi connectivity index (χ1v) is 10.1.